The molecule has 1 unspecified atom stereocenters. The van der Waals surface area contributed by atoms with Crippen LogP contribution in [0, 0.1) is 0 Å². The Morgan fingerprint density at radius 3 is 1.90 bits per heavy atom. The molecule has 0 aliphatic heterocycles. The van der Waals surface area contributed by atoms with Crippen molar-refractivity contribution in [2.45, 2.75) is 10.1 Å². The van der Waals surface area contributed by atoms with E-state index < -0.39 is 17.1 Å². The highest BCUT2D eigenvalue weighted by molar-refractivity contribution is 8.00. The van der Waals surface area contributed by atoms with Gasteiger partial charge in [0, 0.05) is 40.0 Å². The number of methoxy groups -OCH3 is 3. The molecule has 0 aromatic heterocycles. The van der Waals surface area contributed by atoms with Gasteiger partial charge in [-0.15, -0.1) is 11.8 Å². The lowest BCUT2D eigenvalue weighted by atomic mass is 10.1. The molecule has 0 saturated carbocycles. The van der Waals surface area contributed by atoms with E-state index in [9.17, 15) is 14.4 Å². The summed E-state index contributed by atoms with van der Waals surface area (Å²) in [5.41, 5.74) is 2.99. The van der Waals surface area contributed by atoms with Gasteiger partial charge in [0.25, 0.3) is 11.8 Å². The van der Waals surface area contributed by atoms with Crippen molar-refractivity contribution in [3.05, 3.63) is 150 Å². The van der Waals surface area contributed by atoms with Crippen molar-refractivity contribution in [1.82, 2.24) is 5.32 Å². The Labute approximate surface area is 289 Å². The maximum Gasteiger partial charge on any atom is 0.272 e. The van der Waals surface area contributed by atoms with E-state index in [2.05, 4.69) is 16.0 Å². The fraction of sp³-hybridized carbons (Fsp3) is 0.103. The Morgan fingerprint density at radius 2 is 1.27 bits per heavy atom. The molecule has 0 saturated heterocycles. The van der Waals surface area contributed by atoms with Crippen molar-refractivity contribution in [3.8, 4) is 17.2 Å². The van der Waals surface area contributed by atoms with E-state index >= 15 is 0 Å². The van der Waals surface area contributed by atoms with E-state index in [4.69, 9.17) is 14.2 Å². The van der Waals surface area contributed by atoms with Crippen LogP contribution in [0.15, 0.2) is 138 Å². The monoisotopic (exact) mass is 673 g/mol. The highest BCUT2D eigenvalue weighted by atomic mass is 32.2. The van der Waals surface area contributed by atoms with E-state index in [-0.39, 0.29) is 11.6 Å². The molecule has 248 valence electrons. The fourth-order valence-electron chi connectivity index (χ4n) is 4.78. The molecule has 0 aliphatic rings. The van der Waals surface area contributed by atoms with Gasteiger partial charge in [-0.1, -0.05) is 60.7 Å². The molecule has 3 amide bonds. The van der Waals surface area contributed by atoms with Crippen LogP contribution in [0.4, 0.5) is 11.4 Å². The van der Waals surface area contributed by atoms with Gasteiger partial charge in [-0.25, -0.2) is 0 Å². The Morgan fingerprint density at radius 1 is 0.633 bits per heavy atom. The molecule has 10 heteroatoms. The lowest BCUT2D eigenvalue weighted by Crippen LogP contribution is -2.30. The zero-order valence-corrected chi connectivity index (χ0v) is 28.0. The van der Waals surface area contributed by atoms with E-state index in [1.54, 1.807) is 106 Å². The molecule has 49 heavy (non-hydrogen) atoms. The number of benzene rings is 5. The third-order valence-electron chi connectivity index (χ3n) is 7.26. The second kappa shape index (κ2) is 16.7. The predicted molar refractivity (Wildman–Crippen MR) is 193 cm³/mol. The summed E-state index contributed by atoms with van der Waals surface area (Å²) < 4.78 is 16.0. The normalized spacial score (nSPS) is 11.5. The van der Waals surface area contributed by atoms with Crippen LogP contribution >= 0.6 is 11.8 Å². The summed E-state index contributed by atoms with van der Waals surface area (Å²) >= 11 is 1.37. The maximum absolute atomic E-state index is 13.7. The van der Waals surface area contributed by atoms with Gasteiger partial charge in [0.05, 0.1) is 21.3 Å². The summed E-state index contributed by atoms with van der Waals surface area (Å²) in [7, 11) is 4.66. The average molecular weight is 674 g/mol. The first-order chi connectivity index (χ1) is 23.8. The van der Waals surface area contributed by atoms with E-state index in [0.29, 0.717) is 39.8 Å². The van der Waals surface area contributed by atoms with Gasteiger partial charge in [0.1, 0.15) is 28.2 Å². The van der Waals surface area contributed by atoms with Crippen LogP contribution in [-0.2, 0) is 9.59 Å². The van der Waals surface area contributed by atoms with E-state index in [1.807, 2.05) is 48.5 Å². The maximum atomic E-state index is 13.7. The molecule has 0 aliphatic carbocycles. The number of rotatable bonds is 13. The Hall–Kier alpha value is -6.00. The van der Waals surface area contributed by atoms with Gasteiger partial charge in [-0.2, -0.15) is 0 Å². The van der Waals surface area contributed by atoms with Crippen molar-refractivity contribution in [1.29, 1.82) is 0 Å². The summed E-state index contributed by atoms with van der Waals surface area (Å²) in [5.74, 6) is 0.554. The molecule has 5 aromatic carbocycles. The lowest BCUT2D eigenvalue weighted by molar-refractivity contribution is -0.116. The van der Waals surface area contributed by atoms with Crippen molar-refractivity contribution in [2.24, 2.45) is 0 Å². The van der Waals surface area contributed by atoms with Crippen LogP contribution in [0.5, 0.6) is 17.2 Å². The summed E-state index contributed by atoms with van der Waals surface area (Å²) in [6.07, 6.45) is 1.59. The minimum absolute atomic E-state index is 0.0514. The first-order valence-corrected chi connectivity index (χ1v) is 16.1. The number of ether oxygens (including phenoxy) is 3. The SMILES string of the molecule is COc1cccc(/C=C(\NC(=O)c2ccccc2)C(=O)Nc2ccc(SC(C(=O)Nc3cc(OC)cc(OC)c3)c3ccccc3)cc2)c1. The predicted octanol–water partition coefficient (Wildman–Crippen LogP) is 7.59. The van der Waals surface area contributed by atoms with Crippen LogP contribution in [0.3, 0.4) is 0 Å². The number of carbonyl (C=O) groups is 3. The number of hydrogen-bond acceptors (Lipinski definition) is 7. The topological polar surface area (TPSA) is 115 Å². The minimum atomic E-state index is -0.593. The third-order valence-corrected chi connectivity index (χ3v) is 8.53. The first kappa shape index (κ1) is 34.3. The third kappa shape index (κ3) is 9.52. The second-order valence-corrected chi connectivity index (χ2v) is 11.8. The quantitative estimate of drug-likeness (QED) is 0.0872. The number of carbonyl (C=O) groups excluding carboxylic acids is 3. The molecule has 5 rings (SSSR count). The number of amides is 3. The summed E-state index contributed by atoms with van der Waals surface area (Å²) in [6.45, 7) is 0. The van der Waals surface area contributed by atoms with Gasteiger partial charge in [-0.05, 0) is 65.7 Å². The standard InChI is InChI=1S/C39H35N3O6S/c1-46-31-16-10-11-26(21-31)22-35(42-37(43)28-14-8-5-9-15-28)38(44)40-29-17-19-34(20-18-29)49-36(27-12-6-4-7-13-27)39(45)41-30-23-32(47-2)25-33(24-30)48-3/h4-25,36H,1-3H3,(H,40,44)(H,41,45)(H,42,43)/b35-22-. The fourth-order valence-corrected chi connectivity index (χ4v) is 5.80. The van der Waals surface area contributed by atoms with Gasteiger partial charge >= 0.3 is 0 Å². The highest BCUT2D eigenvalue weighted by Crippen LogP contribution is 2.37. The van der Waals surface area contributed by atoms with Gasteiger partial charge < -0.3 is 30.2 Å². The van der Waals surface area contributed by atoms with Crippen LogP contribution in [0.2, 0.25) is 0 Å². The van der Waals surface area contributed by atoms with Crippen molar-refractivity contribution >= 4 is 46.9 Å². The zero-order valence-electron chi connectivity index (χ0n) is 27.1. The molecule has 5 aromatic rings. The van der Waals surface area contributed by atoms with Gasteiger partial charge in [0.15, 0.2) is 0 Å². The van der Waals surface area contributed by atoms with Crippen LogP contribution in [0.25, 0.3) is 6.08 Å². The molecule has 0 spiro atoms. The first-order valence-electron chi connectivity index (χ1n) is 15.2. The lowest BCUT2D eigenvalue weighted by Gasteiger charge is -2.18. The number of hydrogen-bond donors (Lipinski definition) is 3. The molecular formula is C39H35N3O6S. The molecule has 0 heterocycles. The molecule has 1 atom stereocenters. The average Bonchev–Trinajstić information content (AvgIpc) is 3.14. The summed E-state index contributed by atoms with van der Waals surface area (Å²) in [6, 6.07) is 37.6. The Kier molecular flexibility index (Phi) is 11.7. The smallest absolute Gasteiger partial charge is 0.272 e. The number of anilines is 2. The summed E-state index contributed by atoms with van der Waals surface area (Å²) in [4.78, 5) is 41.0. The molecule has 0 bridgehead atoms. The second-order valence-electron chi connectivity index (χ2n) is 10.6. The summed E-state index contributed by atoms with van der Waals surface area (Å²) in [5, 5.41) is 8.01. The molecule has 0 radical (unpaired) electrons. The van der Waals surface area contributed by atoms with Crippen LogP contribution in [-0.4, -0.2) is 39.1 Å². The van der Waals surface area contributed by atoms with E-state index in [1.165, 1.54) is 11.8 Å². The number of thioether (sulfide) groups is 1. The minimum Gasteiger partial charge on any atom is -0.497 e. The van der Waals surface area contributed by atoms with Crippen LogP contribution < -0.4 is 30.2 Å². The van der Waals surface area contributed by atoms with Crippen LogP contribution in [0.1, 0.15) is 26.7 Å². The van der Waals surface area contributed by atoms with E-state index in [0.717, 1.165) is 10.5 Å². The van der Waals surface area contributed by atoms with Crippen molar-refractivity contribution in [2.75, 3.05) is 32.0 Å². The zero-order chi connectivity index (χ0) is 34.6. The Bertz CT molecular complexity index is 1910. The number of nitrogens with one attached hydrogen (secondary N) is 3. The highest BCUT2D eigenvalue weighted by Gasteiger charge is 2.23. The molecule has 0 fully saturated rings. The van der Waals surface area contributed by atoms with Gasteiger partial charge in [-0.3, -0.25) is 14.4 Å². The van der Waals surface area contributed by atoms with Crippen molar-refractivity contribution < 1.29 is 28.6 Å². The van der Waals surface area contributed by atoms with Gasteiger partial charge in [0.2, 0.25) is 5.91 Å². The molecular weight excluding hydrogens is 639 g/mol. The van der Waals surface area contributed by atoms with Crippen molar-refractivity contribution in [3.63, 3.8) is 0 Å². The molecule has 9 nitrogen and oxygen atoms in total. The molecule has 3 N–H and O–H groups in total. The largest absolute Gasteiger partial charge is 0.497 e. The Balaban J connectivity index is 1.34.